The van der Waals surface area contributed by atoms with E-state index >= 15 is 0 Å². The zero-order chi connectivity index (χ0) is 13.3. The Bertz CT molecular complexity index is 491. The molecule has 0 saturated carbocycles. The predicted octanol–water partition coefficient (Wildman–Crippen LogP) is 1.11. The van der Waals surface area contributed by atoms with Gasteiger partial charge in [-0.1, -0.05) is 22.0 Å². The second-order valence-corrected chi connectivity index (χ2v) is 5.13. The molecule has 1 saturated heterocycles. The molecule has 0 aromatic heterocycles. The van der Waals surface area contributed by atoms with Crippen molar-refractivity contribution in [2.24, 2.45) is 0 Å². The van der Waals surface area contributed by atoms with Crippen LogP contribution in [0.3, 0.4) is 0 Å². The highest BCUT2D eigenvalue weighted by atomic mass is 79.9. The summed E-state index contributed by atoms with van der Waals surface area (Å²) in [6.07, 6.45) is -0.697. The Kier molecular flexibility index (Phi) is 3.68. The van der Waals surface area contributed by atoms with Crippen molar-refractivity contribution in [3.05, 3.63) is 34.3 Å². The fraction of sp³-hybridized carbons (Fsp3) is 0.333. The Labute approximate surface area is 112 Å². The highest BCUT2D eigenvalue weighted by Gasteiger charge is 2.39. The van der Waals surface area contributed by atoms with Gasteiger partial charge in [-0.05, 0) is 18.2 Å². The summed E-state index contributed by atoms with van der Waals surface area (Å²) >= 11 is 3.26. The van der Waals surface area contributed by atoms with Crippen molar-refractivity contribution in [2.45, 2.75) is 18.6 Å². The lowest BCUT2D eigenvalue weighted by molar-refractivity contribution is -0.141. The van der Waals surface area contributed by atoms with E-state index in [9.17, 15) is 14.7 Å². The molecule has 18 heavy (non-hydrogen) atoms. The van der Waals surface area contributed by atoms with Gasteiger partial charge in [0.1, 0.15) is 6.04 Å². The van der Waals surface area contributed by atoms with Crippen LogP contribution >= 0.6 is 15.9 Å². The summed E-state index contributed by atoms with van der Waals surface area (Å²) in [6, 6.07) is 5.79. The number of rotatable bonds is 2. The lowest BCUT2D eigenvalue weighted by Gasteiger charge is -2.21. The highest BCUT2D eigenvalue weighted by molar-refractivity contribution is 9.10. The van der Waals surface area contributed by atoms with E-state index in [0.29, 0.717) is 5.56 Å². The van der Waals surface area contributed by atoms with Crippen LogP contribution in [0, 0.1) is 0 Å². The monoisotopic (exact) mass is 313 g/mol. The molecule has 0 radical (unpaired) electrons. The van der Waals surface area contributed by atoms with Crippen LogP contribution in [0.4, 0.5) is 0 Å². The van der Waals surface area contributed by atoms with Gasteiger partial charge in [0, 0.05) is 23.0 Å². The normalized spacial score (nSPS) is 23.1. The number of carboxylic acid groups (broad SMARTS) is 1. The molecule has 2 N–H and O–H groups in total. The zero-order valence-corrected chi connectivity index (χ0v) is 11.0. The van der Waals surface area contributed by atoms with E-state index < -0.39 is 18.1 Å². The second-order valence-electron chi connectivity index (χ2n) is 4.21. The summed E-state index contributed by atoms with van der Waals surface area (Å²) in [5, 5.41) is 18.5. The van der Waals surface area contributed by atoms with Crippen LogP contribution < -0.4 is 0 Å². The maximum absolute atomic E-state index is 12.2. The first-order valence-corrected chi connectivity index (χ1v) is 6.25. The summed E-state index contributed by atoms with van der Waals surface area (Å²) in [7, 11) is 0. The predicted molar refractivity (Wildman–Crippen MR) is 67.2 cm³/mol. The second kappa shape index (κ2) is 5.07. The first-order chi connectivity index (χ1) is 8.49. The number of aliphatic hydroxyl groups excluding tert-OH is 1. The number of β-amino-alcohol motifs (C(OH)–C–C–N with tert-alkyl or cyclic N) is 1. The van der Waals surface area contributed by atoms with Crippen molar-refractivity contribution in [1.82, 2.24) is 4.90 Å². The quantitative estimate of drug-likeness (QED) is 0.857. The molecular weight excluding hydrogens is 302 g/mol. The molecule has 0 bridgehead atoms. The molecular formula is C12H12BrNO4. The topological polar surface area (TPSA) is 77.8 Å². The lowest BCUT2D eigenvalue weighted by Crippen LogP contribution is -2.40. The van der Waals surface area contributed by atoms with Crippen LogP contribution in [0.25, 0.3) is 0 Å². The fourth-order valence-electron chi connectivity index (χ4n) is 2.06. The van der Waals surface area contributed by atoms with E-state index in [-0.39, 0.29) is 18.9 Å². The Balaban J connectivity index is 2.25. The Hall–Kier alpha value is -1.40. The van der Waals surface area contributed by atoms with Crippen LogP contribution in [0.5, 0.6) is 0 Å². The van der Waals surface area contributed by atoms with E-state index in [1.807, 2.05) is 0 Å². The molecule has 96 valence electrons. The number of halogens is 1. The number of carbonyl (C=O) groups is 2. The Morgan fingerprint density at radius 2 is 2.11 bits per heavy atom. The van der Waals surface area contributed by atoms with Gasteiger partial charge in [-0.2, -0.15) is 0 Å². The van der Waals surface area contributed by atoms with Gasteiger partial charge in [-0.3, -0.25) is 4.79 Å². The Morgan fingerprint density at radius 1 is 1.39 bits per heavy atom. The van der Waals surface area contributed by atoms with Crippen molar-refractivity contribution < 1.29 is 19.8 Å². The zero-order valence-electron chi connectivity index (χ0n) is 9.41. The van der Waals surface area contributed by atoms with Gasteiger partial charge in [0.25, 0.3) is 5.91 Å². The van der Waals surface area contributed by atoms with Crippen LogP contribution in [0.2, 0.25) is 0 Å². The molecule has 1 aromatic rings. The van der Waals surface area contributed by atoms with Gasteiger partial charge in [0.15, 0.2) is 0 Å². The standard InChI is InChI=1S/C12H12BrNO4/c13-8-3-1-2-7(4-8)11(16)14-6-9(15)5-10(14)12(17)18/h1-4,9-10,15H,5-6H2,(H,17,18)/t9?,10-/m0/s1. The van der Waals surface area contributed by atoms with E-state index in [1.54, 1.807) is 24.3 Å². The molecule has 6 heteroatoms. The first kappa shape index (κ1) is 13.0. The van der Waals surface area contributed by atoms with Crippen LogP contribution in [0.15, 0.2) is 28.7 Å². The van der Waals surface area contributed by atoms with Crippen molar-refractivity contribution >= 4 is 27.8 Å². The molecule has 1 amide bonds. The third-order valence-corrected chi connectivity index (χ3v) is 3.39. The molecule has 1 aromatic carbocycles. The van der Waals surface area contributed by atoms with E-state index in [4.69, 9.17) is 5.11 Å². The van der Waals surface area contributed by atoms with Gasteiger partial charge in [0.05, 0.1) is 6.10 Å². The molecule has 2 rings (SSSR count). The van der Waals surface area contributed by atoms with E-state index in [2.05, 4.69) is 15.9 Å². The van der Waals surface area contributed by atoms with Crippen LogP contribution in [-0.4, -0.2) is 45.7 Å². The summed E-state index contributed by atoms with van der Waals surface area (Å²) in [5.74, 6) is -1.46. The molecule has 1 heterocycles. The van der Waals surface area contributed by atoms with Crippen molar-refractivity contribution in [1.29, 1.82) is 0 Å². The Morgan fingerprint density at radius 3 is 2.72 bits per heavy atom. The van der Waals surface area contributed by atoms with E-state index in [0.717, 1.165) is 4.47 Å². The van der Waals surface area contributed by atoms with Gasteiger partial charge in [-0.25, -0.2) is 4.79 Å². The van der Waals surface area contributed by atoms with Gasteiger partial charge in [-0.15, -0.1) is 0 Å². The molecule has 0 aliphatic carbocycles. The number of aliphatic hydroxyl groups is 1. The lowest BCUT2D eigenvalue weighted by atomic mass is 10.1. The molecule has 1 fully saturated rings. The summed E-state index contributed by atoms with van der Waals surface area (Å²) < 4.78 is 0.750. The molecule has 0 spiro atoms. The number of likely N-dealkylation sites (tertiary alicyclic amines) is 1. The summed E-state index contributed by atoms with van der Waals surface area (Å²) in [6.45, 7) is 0.0579. The smallest absolute Gasteiger partial charge is 0.326 e. The van der Waals surface area contributed by atoms with Crippen molar-refractivity contribution in [2.75, 3.05) is 6.54 Å². The highest BCUT2D eigenvalue weighted by Crippen LogP contribution is 2.22. The third-order valence-electron chi connectivity index (χ3n) is 2.90. The number of carbonyl (C=O) groups excluding carboxylic acids is 1. The number of benzene rings is 1. The molecule has 1 unspecified atom stereocenters. The van der Waals surface area contributed by atoms with Crippen molar-refractivity contribution in [3.8, 4) is 0 Å². The van der Waals surface area contributed by atoms with Crippen LogP contribution in [0.1, 0.15) is 16.8 Å². The fourth-order valence-corrected chi connectivity index (χ4v) is 2.46. The average molecular weight is 314 g/mol. The number of carboxylic acids is 1. The van der Waals surface area contributed by atoms with Gasteiger partial charge >= 0.3 is 5.97 Å². The molecule has 1 aliphatic rings. The molecule has 5 nitrogen and oxygen atoms in total. The number of amides is 1. The maximum Gasteiger partial charge on any atom is 0.326 e. The minimum atomic E-state index is -1.09. The summed E-state index contributed by atoms with van der Waals surface area (Å²) in [4.78, 5) is 24.4. The van der Waals surface area contributed by atoms with Gasteiger partial charge < -0.3 is 15.1 Å². The summed E-state index contributed by atoms with van der Waals surface area (Å²) in [5.41, 5.74) is 0.407. The van der Waals surface area contributed by atoms with Gasteiger partial charge in [0.2, 0.25) is 0 Å². The first-order valence-electron chi connectivity index (χ1n) is 5.46. The minimum Gasteiger partial charge on any atom is -0.480 e. The number of hydrogen-bond acceptors (Lipinski definition) is 3. The van der Waals surface area contributed by atoms with Crippen molar-refractivity contribution in [3.63, 3.8) is 0 Å². The average Bonchev–Trinajstić information content (AvgIpc) is 2.70. The molecule has 1 aliphatic heterocycles. The minimum absolute atomic E-state index is 0.0579. The number of aliphatic carboxylic acids is 1. The largest absolute Gasteiger partial charge is 0.480 e. The maximum atomic E-state index is 12.2. The molecule has 2 atom stereocenters. The van der Waals surface area contributed by atoms with E-state index in [1.165, 1.54) is 4.90 Å². The van der Waals surface area contributed by atoms with Crippen LogP contribution in [-0.2, 0) is 4.79 Å². The number of nitrogens with zero attached hydrogens (tertiary/aromatic N) is 1. The third kappa shape index (κ3) is 2.54. The SMILES string of the molecule is O=C(O)[C@@H]1CC(O)CN1C(=O)c1cccc(Br)c1. The number of hydrogen-bond donors (Lipinski definition) is 2.